The Bertz CT molecular complexity index is 1520. The predicted molar refractivity (Wildman–Crippen MR) is 143 cm³/mol. The second-order valence-electron chi connectivity index (χ2n) is 9.34. The Balaban J connectivity index is 1.93. The van der Waals surface area contributed by atoms with Crippen LogP contribution in [0.1, 0.15) is 42.1 Å². The zero-order chi connectivity index (χ0) is 29.9. The summed E-state index contributed by atoms with van der Waals surface area (Å²) in [5.41, 5.74) is 4.91. The number of hydrogen-bond donors (Lipinski definition) is 1. The Hall–Kier alpha value is -4.31. The highest BCUT2D eigenvalue weighted by molar-refractivity contribution is 5.95. The molecule has 1 aromatic carbocycles. The molecule has 1 fully saturated rings. The highest BCUT2D eigenvalue weighted by atomic mass is 19.3. The lowest BCUT2D eigenvalue weighted by Gasteiger charge is -2.20. The molecule has 1 unspecified atom stereocenters. The van der Waals surface area contributed by atoms with Crippen molar-refractivity contribution in [3.63, 3.8) is 0 Å². The van der Waals surface area contributed by atoms with Gasteiger partial charge in [-0.05, 0) is 24.8 Å². The summed E-state index contributed by atoms with van der Waals surface area (Å²) in [6.07, 6.45) is 2.09. The van der Waals surface area contributed by atoms with Crippen LogP contribution in [0.25, 0.3) is 10.9 Å². The number of halogens is 4. The summed E-state index contributed by atoms with van der Waals surface area (Å²) < 4.78 is 77.3. The van der Waals surface area contributed by atoms with Crippen molar-refractivity contribution in [2.24, 2.45) is 0 Å². The number of rotatable bonds is 9. The van der Waals surface area contributed by atoms with E-state index in [0.717, 1.165) is 12.3 Å². The molecule has 1 aliphatic heterocycles. The largest absolute Gasteiger partial charge is 0.493 e. The summed E-state index contributed by atoms with van der Waals surface area (Å²) >= 11 is 0. The van der Waals surface area contributed by atoms with Gasteiger partial charge in [-0.15, -0.1) is 0 Å². The first-order chi connectivity index (χ1) is 19.6. The van der Waals surface area contributed by atoms with Crippen molar-refractivity contribution in [3.8, 4) is 23.3 Å². The van der Waals surface area contributed by atoms with E-state index in [1.54, 1.807) is 0 Å². The third-order valence-corrected chi connectivity index (χ3v) is 6.86. The van der Waals surface area contributed by atoms with Gasteiger partial charge in [0.15, 0.2) is 23.1 Å². The summed E-state index contributed by atoms with van der Waals surface area (Å²) in [5.74, 6) is -1.57. The summed E-state index contributed by atoms with van der Waals surface area (Å²) in [6, 6.07) is 0.522. The smallest absolute Gasteiger partial charge is 0.276 e. The lowest BCUT2D eigenvalue weighted by atomic mass is 10.0. The van der Waals surface area contributed by atoms with Crippen molar-refractivity contribution in [1.29, 1.82) is 0 Å². The van der Waals surface area contributed by atoms with Crippen LogP contribution in [0.4, 0.5) is 23.4 Å². The fourth-order valence-electron chi connectivity index (χ4n) is 4.78. The van der Waals surface area contributed by atoms with Crippen LogP contribution >= 0.6 is 0 Å². The Kier molecular flexibility index (Phi) is 8.72. The first kappa shape index (κ1) is 29.7. The van der Waals surface area contributed by atoms with Crippen molar-refractivity contribution in [3.05, 3.63) is 53.4 Å². The van der Waals surface area contributed by atoms with E-state index >= 15 is 8.78 Å². The second-order valence-corrected chi connectivity index (χ2v) is 9.34. The van der Waals surface area contributed by atoms with Gasteiger partial charge < -0.3 is 24.8 Å². The molecule has 1 saturated heterocycles. The summed E-state index contributed by atoms with van der Waals surface area (Å²) in [4.78, 5) is 17.7. The van der Waals surface area contributed by atoms with Crippen LogP contribution in [0.3, 0.4) is 0 Å². The number of nitrogen functional groups attached to an aromatic ring is 1. The number of likely N-dealkylation sites (tertiary alicyclic amines) is 1. The van der Waals surface area contributed by atoms with E-state index in [1.807, 2.05) is 0 Å². The monoisotopic (exact) mass is 575 g/mol. The number of fused-ring (bicyclic) bond motifs is 1. The van der Waals surface area contributed by atoms with E-state index in [2.05, 4.69) is 28.5 Å². The number of carbonyl (C=O) groups excluding carboxylic acids is 1. The molecule has 1 aliphatic rings. The maximum atomic E-state index is 15.6. The zero-order valence-corrected chi connectivity index (χ0v) is 22.8. The number of amides is 1. The van der Waals surface area contributed by atoms with Gasteiger partial charge in [-0.1, -0.05) is 12.5 Å². The molecule has 0 spiro atoms. The van der Waals surface area contributed by atoms with Gasteiger partial charge in [0.2, 0.25) is 5.91 Å². The third kappa shape index (κ3) is 5.65. The minimum absolute atomic E-state index is 0.00518. The van der Waals surface area contributed by atoms with Crippen LogP contribution < -0.4 is 15.2 Å². The van der Waals surface area contributed by atoms with Crippen LogP contribution in [0.15, 0.2) is 24.9 Å². The Morgan fingerprint density at radius 2 is 1.90 bits per heavy atom. The van der Waals surface area contributed by atoms with Gasteiger partial charge in [-0.3, -0.25) is 9.48 Å². The molecule has 2 N–H and O–H groups in total. The third-order valence-electron chi connectivity index (χ3n) is 6.86. The minimum atomic E-state index is -3.35. The molecule has 0 saturated carbocycles. The highest BCUT2D eigenvalue weighted by Gasteiger charge is 2.38. The number of nitrogens with zero attached hydrogens (tertiary/aromatic N) is 4. The molecule has 3 heterocycles. The van der Waals surface area contributed by atoms with Crippen LogP contribution in [0, 0.1) is 23.5 Å². The SMILES string of the molecule is C=CC(=O)N1CCC(n2nc(C#Cc3c(F)c(OC)cc(OC)c3F)c3c(N)ncc(C(F)(F)CCCOC)c32)C1. The molecule has 0 aliphatic carbocycles. The Morgan fingerprint density at radius 1 is 1.22 bits per heavy atom. The summed E-state index contributed by atoms with van der Waals surface area (Å²) in [7, 11) is 3.82. The first-order valence-electron chi connectivity index (χ1n) is 12.6. The molecule has 9 nitrogen and oxygen atoms in total. The van der Waals surface area contributed by atoms with Crippen molar-refractivity contribution in [2.45, 2.75) is 31.2 Å². The van der Waals surface area contributed by atoms with Crippen molar-refractivity contribution in [1.82, 2.24) is 19.7 Å². The van der Waals surface area contributed by atoms with Crippen molar-refractivity contribution in [2.75, 3.05) is 46.8 Å². The van der Waals surface area contributed by atoms with Crippen LogP contribution in [0.2, 0.25) is 0 Å². The van der Waals surface area contributed by atoms with Crippen molar-refractivity contribution < 1.29 is 36.6 Å². The van der Waals surface area contributed by atoms with Crippen LogP contribution in [-0.4, -0.2) is 66.6 Å². The number of pyridine rings is 1. The number of aromatic nitrogens is 3. The molecule has 2 aromatic heterocycles. The minimum Gasteiger partial charge on any atom is -0.493 e. The topological polar surface area (TPSA) is 105 Å². The second kappa shape index (κ2) is 12.1. The standard InChI is InChI=1S/C28H29F4N5O4/c1-5-22(38)36-11-9-16(15-36)37-26-18(28(31,32)10-6-12-39-2)14-34-27(33)23(26)19(35-37)8-7-17-24(29)20(40-3)13-21(41-4)25(17)30/h5,13-14,16H,1,6,9-12,15H2,2-4H3,(H2,33,34). The molecule has 3 aromatic rings. The zero-order valence-electron chi connectivity index (χ0n) is 22.8. The van der Waals surface area contributed by atoms with Crippen LogP contribution in [-0.2, 0) is 15.5 Å². The summed E-state index contributed by atoms with van der Waals surface area (Å²) in [6.45, 7) is 4.14. The van der Waals surface area contributed by atoms with Gasteiger partial charge >= 0.3 is 0 Å². The Morgan fingerprint density at radius 3 is 2.51 bits per heavy atom. The van der Waals surface area contributed by atoms with Gasteiger partial charge in [-0.2, -0.15) is 5.10 Å². The summed E-state index contributed by atoms with van der Waals surface area (Å²) in [5, 5.41) is 4.48. The molecule has 1 amide bonds. The molecule has 0 radical (unpaired) electrons. The number of alkyl halides is 2. The van der Waals surface area contributed by atoms with E-state index in [9.17, 15) is 13.6 Å². The number of methoxy groups -OCH3 is 3. The molecule has 0 bridgehead atoms. The lowest BCUT2D eigenvalue weighted by molar-refractivity contribution is -0.125. The quantitative estimate of drug-likeness (QED) is 0.177. The van der Waals surface area contributed by atoms with E-state index in [1.165, 1.54) is 37.0 Å². The molecule has 13 heteroatoms. The number of benzene rings is 1. The average molecular weight is 576 g/mol. The molecule has 1 atom stereocenters. The molecule has 41 heavy (non-hydrogen) atoms. The van der Waals surface area contributed by atoms with Gasteiger partial charge in [0.1, 0.15) is 17.1 Å². The lowest BCUT2D eigenvalue weighted by Crippen LogP contribution is -2.27. The molecular weight excluding hydrogens is 546 g/mol. The molecule has 218 valence electrons. The van der Waals surface area contributed by atoms with Gasteiger partial charge in [0.25, 0.3) is 5.92 Å². The number of ether oxygens (including phenoxy) is 3. The maximum absolute atomic E-state index is 15.6. The fourth-order valence-corrected chi connectivity index (χ4v) is 4.78. The number of anilines is 1. The fraction of sp³-hybridized carbons (Fsp3) is 0.393. The first-order valence-corrected chi connectivity index (χ1v) is 12.6. The molecular formula is C28H29F4N5O4. The van der Waals surface area contributed by atoms with Crippen molar-refractivity contribution >= 4 is 22.6 Å². The van der Waals surface area contributed by atoms with E-state index in [0.29, 0.717) is 13.0 Å². The highest BCUT2D eigenvalue weighted by Crippen LogP contribution is 2.41. The Labute approximate surface area is 233 Å². The number of nitrogens with two attached hydrogens (primary N) is 1. The van der Waals surface area contributed by atoms with Gasteiger partial charge in [0.05, 0.1) is 36.7 Å². The molecule has 4 rings (SSSR count). The normalized spacial score (nSPS) is 15.1. The van der Waals surface area contributed by atoms with Gasteiger partial charge in [0, 0.05) is 45.5 Å². The average Bonchev–Trinajstić information content (AvgIpc) is 3.59. The number of carbonyl (C=O) groups is 1. The van der Waals surface area contributed by atoms with Crippen LogP contribution in [0.5, 0.6) is 11.5 Å². The van der Waals surface area contributed by atoms with E-state index in [-0.39, 0.29) is 59.4 Å². The number of hydrogen-bond acceptors (Lipinski definition) is 7. The predicted octanol–water partition coefficient (Wildman–Crippen LogP) is 4.19. The maximum Gasteiger partial charge on any atom is 0.276 e. The van der Waals surface area contributed by atoms with E-state index < -0.39 is 41.1 Å². The van der Waals surface area contributed by atoms with Gasteiger partial charge in [-0.25, -0.2) is 22.5 Å². The van der Waals surface area contributed by atoms with E-state index in [4.69, 9.17) is 19.9 Å².